The maximum Gasteiger partial charge on any atom is 0.123 e. The number of aliphatic hydroxyl groups is 1. The van der Waals surface area contributed by atoms with E-state index in [1.165, 1.54) is 5.56 Å². The van der Waals surface area contributed by atoms with Gasteiger partial charge >= 0.3 is 0 Å². The van der Waals surface area contributed by atoms with Crippen molar-refractivity contribution in [3.05, 3.63) is 107 Å². The minimum Gasteiger partial charge on any atom is -0.380 e. The number of hydrogen-bond donors (Lipinski definition) is 1. The topological polar surface area (TPSA) is 20.2 Å². The SMILES string of the molecule is OC(c1ccccc1)(c1ccccc1)C12CC[N+](Cc3ccc(F)cc3)(CC1)CC2. The van der Waals surface area contributed by atoms with Crippen molar-refractivity contribution >= 4 is 0 Å². The van der Waals surface area contributed by atoms with Gasteiger partial charge in [-0.25, -0.2) is 4.39 Å². The second kappa shape index (κ2) is 7.33. The Morgan fingerprint density at radius 3 is 1.67 bits per heavy atom. The number of fused-ring (bicyclic) bond motifs is 3. The van der Waals surface area contributed by atoms with E-state index >= 15 is 0 Å². The van der Waals surface area contributed by atoms with E-state index in [1.807, 2.05) is 48.5 Å². The molecular formula is C27H29FNO+. The lowest BCUT2D eigenvalue weighted by atomic mass is 9.56. The molecule has 6 rings (SSSR count). The van der Waals surface area contributed by atoms with E-state index < -0.39 is 5.60 Å². The zero-order chi connectivity index (χ0) is 20.7. The summed E-state index contributed by atoms with van der Waals surface area (Å²) < 4.78 is 14.4. The molecule has 3 aliphatic heterocycles. The van der Waals surface area contributed by atoms with Crippen LogP contribution in [0.5, 0.6) is 0 Å². The molecule has 0 aromatic heterocycles. The molecule has 3 saturated heterocycles. The summed E-state index contributed by atoms with van der Waals surface area (Å²) in [5, 5.41) is 12.4. The Balaban J connectivity index is 1.47. The average molecular weight is 403 g/mol. The van der Waals surface area contributed by atoms with Gasteiger partial charge in [-0.05, 0) is 23.3 Å². The zero-order valence-corrected chi connectivity index (χ0v) is 17.3. The molecule has 3 aromatic rings. The number of piperidine rings is 3. The van der Waals surface area contributed by atoms with Gasteiger partial charge in [0.15, 0.2) is 0 Å². The number of quaternary nitrogens is 1. The molecule has 0 amide bonds. The first-order chi connectivity index (χ1) is 14.6. The summed E-state index contributed by atoms with van der Waals surface area (Å²) in [5.41, 5.74) is 2.06. The lowest BCUT2D eigenvalue weighted by Crippen LogP contribution is -2.66. The van der Waals surface area contributed by atoms with Gasteiger partial charge in [0.2, 0.25) is 0 Å². The molecule has 3 heterocycles. The predicted molar refractivity (Wildman–Crippen MR) is 117 cm³/mol. The normalized spacial score (nSPS) is 25.9. The van der Waals surface area contributed by atoms with Crippen LogP contribution >= 0.6 is 0 Å². The second-order valence-corrected chi connectivity index (χ2v) is 9.27. The van der Waals surface area contributed by atoms with Gasteiger partial charge in [0, 0.05) is 30.2 Å². The number of hydrogen-bond acceptors (Lipinski definition) is 1. The monoisotopic (exact) mass is 402 g/mol. The Labute approximate surface area is 178 Å². The highest BCUT2D eigenvalue weighted by molar-refractivity contribution is 5.39. The van der Waals surface area contributed by atoms with Gasteiger partial charge in [-0.15, -0.1) is 0 Å². The summed E-state index contributed by atoms with van der Waals surface area (Å²) in [6, 6.07) is 27.4. The Morgan fingerprint density at radius 2 is 1.20 bits per heavy atom. The third-order valence-electron chi connectivity index (χ3n) is 7.78. The summed E-state index contributed by atoms with van der Waals surface area (Å²) in [7, 11) is 0. The third kappa shape index (κ3) is 3.08. The summed E-state index contributed by atoms with van der Waals surface area (Å²) in [6.07, 6.45) is 2.98. The highest BCUT2D eigenvalue weighted by atomic mass is 19.1. The van der Waals surface area contributed by atoms with Gasteiger partial charge in [0.1, 0.15) is 18.0 Å². The first-order valence-electron chi connectivity index (χ1n) is 11.0. The largest absolute Gasteiger partial charge is 0.380 e. The van der Waals surface area contributed by atoms with E-state index in [4.69, 9.17) is 0 Å². The first kappa shape index (κ1) is 19.5. The fourth-order valence-corrected chi connectivity index (χ4v) is 5.96. The maximum atomic E-state index is 13.3. The number of halogens is 1. The molecule has 3 aliphatic rings. The Hall–Kier alpha value is -2.49. The van der Waals surface area contributed by atoms with Crippen LogP contribution < -0.4 is 0 Å². The molecule has 30 heavy (non-hydrogen) atoms. The Morgan fingerprint density at radius 1 is 0.733 bits per heavy atom. The molecule has 0 spiro atoms. The molecule has 0 atom stereocenters. The molecule has 3 heteroatoms. The van der Waals surface area contributed by atoms with Crippen LogP contribution in [0.3, 0.4) is 0 Å². The fourth-order valence-electron chi connectivity index (χ4n) is 5.96. The summed E-state index contributed by atoms with van der Waals surface area (Å²) >= 11 is 0. The predicted octanol–water partition coefficient (Wildman–Crippen LogP) is 5.26. The average Bonchev–Trinajstić information content (AvgIpc) is 2.82. The molecular weight excluding hydrogens is 373 g/mol. The van der Waals surface area contributed by atoms with E-state index in [9.17, 15) is 9.50 Å². The van der Waals surface area contributed by atoms with Gasteiger partial charge in [0.25, 0.3) is 0 Å². The molecule has 3 aromatic carbocycles. The standard InChI is InChI=1S/C27H29FNO/c28-25-13-11-22(12-14-25)21-29-18-15-26(16-19-29,17-20-29)27(30,23-7-3-1-4-8-23)24-9-5-2-6-10-24/h1-14,30H,15-21H2/q+1. The van der Waals surface area contributed by atoms with Crippen LogP contribution in [0.4, 0.5) is 4.39 Å². The van der Waals surface area contributed by atoms with E-state index in [2.05, 4.69) is 24.3 Å². The van der Waals surface area contributed by atoms with Crippen molar-refractivity contribution in [3.63, 3.8) is 0 Å². The minimum absolute atomic E-state index is 0.154. The highest BCUT2D eigenvalue weighted by Crippen LogP contribution is 2.57. The summed E-state index contributed by atoms with van der Waals surface area (Å²) in [4.78, 5) is 0. The molecule has 2 nitrogen and oxygen atoms in total. The van der Waals surface area contributed by atoms with E-state index in [1.54, 1.807) is 12.1 Å². The number of benzene rings is 3. The first-order valence-corrected chi connectivity index (χ1v) is 11.0. The van der Waals surface area contributed by atoms with Crippen LogP contribution in [-0.2, 0) is 12.1 Å². The van der Waals surface area contributed by atoms with E-state index in [-0.39, 0.29) is 11.2 Å². The lowest BCUT2D eigenvalue weighted by Gasteiger charge is -2.60. The Kier molecular flexibility index (Phi) is 4.76. The lowest BCUT2D eigenvalue weighted by molar-refractivity contribution is -0.958. The summed E-state index contributed by atoms with van der Waals surface area (Å²) in [5.74, 6) is -0.175. The number of rotatable bonds is 5. The molecule has 2 bridgehead atoms. The van der Waals surface area contributed by atoms with Gasteiger partial charge in [-0.1, -0.05) is 72.8 Å². The molecule has 0 unspecified atom stereocenters. The summed E-state index contributed by atoms with van der Waals surface area (Å²) in [6.45, 7) is 4.11. The van der Waals surface area contributed by atoms with Crippen LogP contribution in [0.15, 0.2) is 84.9 Å². The van der Waals surface area contributed by atoms with Crippen LogP contribution in [0, 0.1) is 11.2 Å². The minimum atomic E-state index is -0.984. The highest BCUT2D eigenvalue weighted by Gasteiger charge is 2.60. The van der Waals surface area contributed by atoms with Crippen molar-refractivity contribution in [1.82, 2.24) is 0 Å². The zero-order valence-electron chi connectivity index (χ0n) is 17.3. The molecule has 154 valence electrons. The Bertz CT molecular complexity index is 936. The van der Waals surface area contributed by atoms with Gasteiger partial charge in [0.05, 0.1) is 19.6 Å². The van der Waals surface area contributed by atoms with Crippen LogP contribution in [0.2, 0.25) is 0 Å². The molecule has 3 fully saturated rings. The van der Waals surface area contributed by atoms with Gasteiger partial charge < -0.3 is 9.59 Å². The second-order valence-electron chi connectivity index (χ2n) is 9.27. The third-order valence-corrected chi connectivity index (χ3v) is 7.78. The van der Waals surface area contributed by atoms with E-state index in [0.717, 1.165) is 61.1 Å². The fraction of sp³-hybridized carbons (Fsp3) is 0.333. The van der Waals surface area contributed by atoms with Crippen LogP contribution in [0.25, 0.3) is 0 Å². The molecule has 1 N–H and O–H groups in total. The van der Waals surface area contributed by atoms with Crippen molar-refractivity contribution in [1.29, 1.82) is 0 Å². The van der Waals surface area contributed by atoms with Crippen LogP contribution in [-0.4, -0.2) is 29.2 Å². The number of nitrogens with zero attached hydrogens (tertiary/aromatic N) is 1. The molecule has 0 aliphatic carbocycles. The van der Waals surface area contributed by atoms with Gasteiger partial charge in [-0.2, -0.15) is 0 Å². The molecule has 0 radical (unpaired) electrons. The van der Waals surface area contributed by atoms with Crippen molar-refractivity contribution in [2.24, 2.45) is 5.41 Å². The van der Waals surface area contributed by atoms with Crippen LogP contribution in [0.1, 0.15) is 36.0 Å². The van der Waals surface area contributed by atoms with Crippen molar-refractivity contribution in [3.8, 4) is 0 Å². The van der Waals surface area contributed by atoms with Crippen molar-refractivity contribution in [2.45, 2.75) is 31.4 Å². The van der Waals surface area contributed by atoms with Gasteiger partial charge in [-0.3, -0.25) is 0 Å². The van der Waals surface area contributed by atoms with Crippen molar-refractivity contribution < 1.29 is 14.0 Å². The van der Waals surface area contributed by atoms with E-state index in [0.29, 0.717) is 0 Å². The smallest absolute Gasteiger partial charge is 0.123 e. The maximum absolute atomic E-state index is 13.3. The quantitative estimate of drug-likeness (QED) is 0.577. The molecule has 0 saturated carbocycles. The van der Waals surface area contributed by atoms with Crippen molar-refractivity contribution in [2.75, 3.05) is 19.6 Å².